The molecule has 8 heteroatoms. The second-order valence-corrected chi connectivity index (χ2v) is 6.04. The van der Waals surface area contributed by atoms with Gasteiger partial charge in [0, 0.05) is 0 Å². The first kappa shape index (κ1) is 19.1. The Hall–Kier alpha value is -3.68. The van der Waals surface area contributed by atoms with Gasteiger partial charge in [-0.1, -0.05) is 24.3 Å². The van der Waals surface area contributed by atoms with E-state index in [1.54, 1.807) is 36.4 Å². The lowest BCUT2D eigenvalue weighted by molar-refractivity contribution is -0.125. The van der Waals surface area contributed by atoms with Crippen LogP contribution in [0.2, 0.25) is 0 Å². The summed E-state index contributed by atoms with van der Waals surface area (Å²) in [6.07, 6.45) is 0. The number of hydrogen-bond donors (Lipinski definition) is 1. The zero-order chi connectivity index (χ0) is 20.1. The molecule has 8 nitrogen and oxygen atoms in total. The zero-order valence-electron chi connectivity index (χ0n) is 15.1. The molecule has 0 radical (unpaired) electrons. The molecule has 0 unspecified atom stereocenters. The van der Waals surface area contributed by atoms with Gasteiger partial charge in [-0.2, -0.15) is 0 Å². The van der Waals surface area contributed by atoms with Crippen LogP contribution in [0.3, 0.4) is 0 Å². The SMILES string of the molecule is COc1ccccc1C(=O)COC(=O)c1ccc(CN2C(=O)CNC2=O)cc1. The Labute approximate surface area is 161 Å². The molecule has 2 aromatic carbocycles. The Balaban J connectivity index is 1.58. The summed E-state index contributed by atoms with van der Waals surface area (Å²) in [4.78, 5) is 48.7. The predicted molar refractivity (Wildman–Crippen MR) is 98.0 cm³/mol. The first-order valence-corrected chi connectivity index (χ1v) is 8.50. The van der Waals surface area contributed by atoms with Crippen molar-refractivity contribution in [1.82, 2.24) is 10.2 Å². The van der Waals surface area contributed by atoms with Gasteiger partial charge in [-0.15, -0.1) is 0 Å². The second kappa shape index (κ2) is 8.34. The molecule has 1 aliphatic rings. The number of nitrogens with one attached hydrogen (secondary N) is 1. The minimum Gasteiger partial charge on any atom is -0.496 e. The number of Topliss-reactive ketones (excluding diaryl/α,β-unsaturated/α-hetero) is 1. The summed E-state index contributed by atoms with van der Waals surface area (Å²) in [6, 6.07) is 12.5. The molecule has 0 atom stereocenters. The quantitative estimate of drug-likeness (QED) is 0.445. The van der Waals surface area contributed by atoms with Gasteiger partial charge in [0.15, 0.2) is 6.61 Å². The van der Waals surface area contributed by atoms with Gasteiger partial charge in [-0.3, -0.25) is 14.5 Å². The van der Waals surface area contributed by atoms with Crippen LogP contribution in [0.25, 0.3) is 0 Å². The third-order valence-corrected chi connectivity index (χ3v) is 4.21. The first-order valence-electron chi connectivity index (χ1n) is 8.50. The maximum atomic E-state index is 12.2. The van der Waals surface area contributed by atoms with Crippen molar-refractivity contribution in [2.24, 2.45) is 0 Å². The number of benzene rings is 2. The first-order chi connectivity index (χ1) is 13.5. The fourth-order valence-corrected chi connectivity index (χ4v) is 2.71. The van der Waals surface area contributed by atoms with E-state index in [4.69, 9.17) is 9.47 Å². The van der Waals surface area contributed by atoms with Crippen LogP contribution in [0.5, 0.6) is 5.75 Å². The van der Waals surface area contributed by atoms with Crippen molar-refractivity contribution in [2.75, 3.05) is 20.3 Å². The van der Waals surface area contributed by atoms with Crippen molar-refractivity contribution in [1.29, 1.82) is 0 Å². The summed E-state index contributed by atoms with van der Waals surface area (Å²) in [6.45, 7) is -0.306. The number of imide groups is 1. The molecule has 2 aromatic rings. The molecular formula is C20H18N2O6. The maximum Gasteiger partial charge on any atom is 0.338 e. The molecule has 0 aromatic heterocycles. The lowest BCUT2D eigenvalue weighted by Crippen LogP contribution is -2.30. The summed E-state index contributed by atoms with van der Waals surface area (Å²) in [5.74, 6) is -0.914. The van der Waals surface area contributed by atoms with Crippen LogP contribution in [0.4, 0.5) is 4.79 Å². The number of nitrogens with zero attached hydrogens (tertiary/aromatic N) is 1. The molecular weight excluding hydrogens is 364 g/mol. The largest absolute Gasteiger partial charge is 0.496 e. The van der Waals surface area contributed by atoms with Crippen molar-refractivity contribution < 1.29 is 28.7 Å². The van der Waals surface area contributed by atoms with Crippen LogP contribution < -0.4 is 10.1 Å². The number of ketones is 1. The van der Waals surface area contributed by atoms with Crippen molar-refractivity contribution in [3.63, 3.8) is 0 Å². The highest BCUT2D eigenvalue weighted by molar-refractivity contribution is 6.02. The molecule has 0 saturated carbocycles. The normalized spacial score (nSPS) is 13.2. The number of esters is 1. The Morgan fingerprint density at radius 2 is 1.79 bits per heavy atom. The fraction of sp³-hybridized carbons (Fsp3) is 0.200. The maximum absolute atomic E-state index is 12.2. The number of amides is 3. The third-order valence-electron chi connectivity index (χ3n) is 4.21. The van der Waals surface area contributed by atoms with Crippen molar-refractivity contribution >= 4 is 23.7 Å². The number of hydrogen-bond acceptors (Lipinski definition) is 6. The number of carbonyl (C=O) groups excluding carboxylic acids is 4. The predicted octanol–water partition coefficient (Wildman–Crippen LogP) is 1.79. The summed E-state index contributed by atoms with van der Waals surface area (Å²) in [7, 11) is 1.46. The van der Waals surface area contributed by atoms with E-state index in [-0.39, 0.29) is 30.3 Å². The van der Waals surface area contributed by atoms with Gasteiger partial charge in [0.05, 0.1) is 31.3 Å². The summed E-state index contributed by atoms with van der Waals surface area (Å²) < 4.78 is 10.2. The Kier molecular flexibility index (Phi) is 5.69. The monoisotopic (exact) mass is 382 g/mol. The van der Waals surface area contributed by atoms with Crippen LogP contribution in [-0.4, -0.2) is 48.9 Å². The molecule has 0 spiro atoms. The highest BCUT2D eigenvalue weighted by Gasteiger charge is 2.28. The minimum atomic E-state index is -0.648. The molecule has 0 bridgehead atoms. The van der Waals surface area contributed by atoms with Gasteiger partial charge in [-0.05, 0) is 29.8 Å². The lowest BCUT2D eigenvalue weighted by Gasteiger charge is -2.12. The van der Waals surface area contributed by atoms with E-state index in [1.807, 2.05) is 0 Å². The molecule has 144 valence electrons. The Morgan fingerprint density at radius 1 is 1.07 bits per heavy atom. The van der Waals surface area contributed by atoms with E-state index >= 15 is 0 Å². The molecule has 0 aliphatic carbocycles. The number of para-hydroxylation sites is 1. The average Bonchev–Trinajstić information content (AvgIpc) is 3.04. The lowest BCUT2D eigenvalue weighted by atomic mass is 10.1. The van der Waals surface area contributed by atoms with Crippen LogP contribution >= 0.6 is 0 Å². The minimum absolute atomic E-state index is 0.0104. The van der Waals surface area contributed by atoms with E-state index in [1.165, 1.54) is 19.2 Å². The summed E-state index contributed by atoms with van der Waals surface area (Å²) in [5, 5.41) is 2.44. The average molecular weight is 382 g/mol. The highest BCUT2D eigenvalue weighted by atomic mass is 16.5. The Bertz CT molecular complexity index is 907. The number of methoxy groups -OCH3 is 1. The topological polar surface area (TPSA) is 102 Å². The van der Waals surface area contributed by atoms with E-state index in [2.05, 4.69) is 5.32 Å². The van der Waals surface area contributed by atoms with Gasteiger partial charge in [0.2, 0.25) is 11.7 Å². The fourth-order valence-electron chi connectivity index (χ4n) is 2.71. The number of carbonyl (C=O) groups is 4. The van der Waals surface area contributed by atoms with Crippen LogP contribution in [-0.2, 0) is 16.1 Å². The molecule has 1 fully saturated rings. The van der Waals surface area contributed by atoms with Crippen molar-refractivity contribution in [3.05, 3.63) is 65.2 Å². The molecule has 1 heterocycles. The van der Waals surface area contributed by atoms with Crippen molar-refractivity contribution in [2.45, 2.75) is 6.54 Å². The zero-order valence-corrected chi connectivity index (χ0v) is 15.1. The standard InChI is InChI=1S/C20H18N2O6/c1-27-17-5-3-2-4-15(17)16(23)12-28-19(25)14-8-6-13(7-9-14)11-22-18(24)10-21-20(22)26/h2-9H,10-12H2,1H3,(H,21,26). The summed E-state index contributed by atoms with van der Waals surface area (Å²) in [5.41, 5.74) is 1.28. The van der Waals surface area contributed by atoms with Crippen LogP contribution in [0.1, 0.15) is 26.3 Å². The number of urea groups is 1. The third kappa shape index (κ3) is 4.17. The van der Waals surface area contributed by atoms with Crippen LogP contribution in [0, 0.1) is 0 Å². The highest BCUT2D eigenvalue weighted by Crippen LogP contribution is 2.18. The molecule has 28 heavy (non-hydrogen) atoms. The van der Waals surface area contributed by atoms with Gasteiger partial charge in [-0.25, -0.2) is 9.59 Å². The number of rotatable bonds is 7. The smallest absolute Gasteiger partial charge is 0.338 e. The van der Waals surface area contributed by atoms with E-state index in [9.17, 15) is 19.2 Å². The molecule has 1 aliphatic heterocycles. The van der Waals surface area contributed by atoms with E-state index in [0.717, 1.165) is 4.90 Å². The molecule has 1 saturated heterocycles. The Morgan fingerprint density at radius 3 is 2.43 bits per heavy atom. The second-order valence-electron chi connectivity index (χ2n) is 6.04. The van der Waals surface area contributed by atoms with E-state index in [0.29, 0.717) is 16.9 Å². The van der Waals surface area contributed by atoms with Crippen molar-refractivity contribution in [3.8, 4) is 5.75 Å². The van der Waals surface area contributed by atoms with E-state index < -0.39 is 18.6 Å². The molecule has 3 rings (SSSR count). The molecule has 1 N–H and O–H groups in total. The van der Waals surface area contributed by atoms with Gasteiger partial charge < -0.3 is 14.8 Å². The number of ether oxygens (including phenoxy) is 2. The van der Waals surface area contributed by atoms with Gasteiger partial charge in [0.25, 0.3) is 0 Å². The summed E-state index contributed by atoms with van der Waals surface area (Å²) >= 11 is 0. The van der Waals surface area contributed by atoms with Gasteiger partial charge >= 0.3 is 12.0 Å². The van der Waals surface area contributed by atoms with Gasteiger partial charge in [0.1, 0.15) is 5.75 Å². The van der Waals surface area contributed by atoms with Crippen LogP contribution in [0.15, 0.2) is 48.5 Å². The molecule has 3 amide bonds.